The maximum Gasteiger partial charge on any atom is 0.332 e. The molecule has 0 radical (unpaired) electrons. The lowest BCUT2D eigenvalue weighted by atomic mass is 9.92. The molecule has 148 valence electrons. The Hall–Kier alpha value is -2.15. The smallest absolute Gasteiger partial charge is 0.332 e. The number of amides is 2. The number of carbonyl (C=O) groups excluding carboxylic acids is 1. The molecule has 6 heteroatoms. The van der Waals surface area contributed by atoms with Gasteiger partial charge < -0.3 is 5.11 Å². The Kier molecular flexibility index (Phi) is 5.51. The normalized spacial score (nSPS) is 21.7. The SMILES string of the molecule is CC[C@@H]1N(c2ccc(Br)cc2)C(=O)N(c2ccc(Br)cc2)C1(O)c1ccccc1. The van der Waals surface area contributed by atoms with Crippen molar-refractivity contribution in [2.75, 3.05) is 9.80 Å². The predicted molar refractivity (Wildman–Crippen MR) is 123 cm³/mol. The molecule has 0 saturated carbocycles. The summed E-state index contributed by atoms with van der Waals surface area (Å²) in [6, 6.07) is 23.7. The Bertz CT molecular complexity index is 1010. The molecule has 3 aromatic carbocycles. The first-order chi connectivity index (χ1) is 14.0. The Morgan fingerprint density at radius 2 is 1.38 bits per heavy atom. The minimum atomic E-state index is -1.51. The van der Waals surface area contributed by atoms with E-state index in [1.165, 1.54) is 4.90 Å². The van der Waals surface area contributed by atoms with Gasteiger partial charge in [-0.15, -0.1) is 0 Å². The van der Waals surface area contributed by atoms with Gasteiger partial charge in [0.05, 0.1) is 6.04 Å². The van der Waals surface area contributed by atoms with Crippen molar-refractivity contribution in [3.8, 4) is 0 Å². The van der Waals surface area contributed by atoms with Crippen molar-refractivity contribution in [2.45, 2.75) is 25.1 Å². The summed E-state index contributed by atoms with van der Waals surface area (Å²) in [6.45, 7) is 1.99. The summed E-state index contributed by atoms with van der Waals surface area (Å²) < 4.78 is 1.84. The number of nitrogens with zero attached hydrogens (tertiary/aromatic N) is 2. The number of anilines is 2. The van der Waals surface area contributed by atoms with Gasteiger partial charge in [0.25, 0.3) is 0 Å². The van der Waals surface area contributed by atoms with Crippen LogP contribution in [-0.2, 0) is 5.72 Å². The third kappa shape index (κ3) is 3.39. The Labute approximate surface area is 187 Å². The van der Waals surface area contributed by atoms with E-state index >= 15 is 0 Å². The van der Waals surface area contributed by atoms with E-state index in [1.807, 2.05) is 85.8 Å². The highest BCUT2D eigenvalue weighted by Gasteiger charge is 2.57. The number of urea groups is 1. The first kappa shape index (κ1) is 20.1. The van der Waals surface area contributed by atoms with E-state index in [1.54, 1.807) is 4.90 Å². The summed E-state index contributed by atoms with van der Waals surface area (Å²) in [4.78, 5) is 16.9. The fourth-order valence-electron chi connectivity index (χ4n) is 3.98. The summed E-state index contributed by atoms with van der Waals surface area (Å²) >= 11 is 6.89. The summed E-state index contributed by atoms with van der Waals surface area (Å²) in [5.74, 6) is 0. The summed E-state index contributed by atoms with van der Waals surface area (Å²) in [5.41, 5.74) is 0.568. The average Bonchev–Trinajstić information content (AvgIpc) is 2.97. The molecule has 1 heterocycles. The van der Waals surface area contributed by atoms with Gasteiger partial charge in [-0.2, -0.15) is 0 Å². The van der Waals surface area contributed by atoms with Crippen LogP contribution in [0.3, 0.4) is 0 Å². The van der Waals surface area contributed by atoms with E-state index in [9.17, 15) is 9.90 Å². The minimum Gasteiger partial charge on any atom is -0.365 e. The van der Waals surface area contributed by atoms with E-state index < -0.39 is 11.8 Å². The monoisotopic (exact) mass is 514 g/mol. The summed E-state index contributed by atoms with van der Waals surface area (Å²) in [6.07, 6.45) is 0.584. The van der Waals surface area contributed by atoms with E-state index in [4.69, 9.17) is 0 Å². The zero-order chi connectivity index (χ0) is 20.6. The molecule has 1 aliphatic heterocycles. The summed E-state index contributed by atoms with van der Waals surface area (Å²) in [5, 5.41) is 12.1. The van der Waals surface area contributed by atoms with Crippen molar-refractivity contribution >= 4 is 49.3 Å². The Morgan fingerprint density at radius 1 is 0.862 bits per heavy atom. The molecule has 1 unspecified atom stereocenters. The average molecular weight is 516 g/mol. The Balaban J connectivity index is 1.92. The van der Waals surface area contributed by atoms with Gasteiger partial charge in [-0.25, -0.2) is 4.79 Å². The van der Waals surface area contributed by atoms with Gasteiger partial charge in [-0.1, -0.05) is 69.1 Å². The third-order valence-electron chi connectivity index (χ3n) is 5.29. The lowest BCUT2D eigenvalue weighted by Crippen LogP contribution is -2.49. The first-order valence-electron chi connectivity index (χ1n) is 9.39. The van der Waals surface area contributed by atoms with Crippen LogP contribution in [0.1, 0.15) is 18.9 Å². The number of rotatable bonds is 4. The molecular formula is C23H20Br2N2O2. The predicted octanol–water partition coefficient (Wildman–Crippen LogP) is 6.28. The number of hydrogen-bond acceptors (Lipinski definition) is 2. The first-order valence-corrected chi connectivity index (χ1v) is 11.0. The van der Waals surface area contributed by atoms with Crippen molar-refractivity contribution in [1.29, 1.82) is 0 Å². The van der Waals surface area contributed by atoms with Gasteiger partial charge in [-0.3, -0.25) is 9.80 Å². The van der Waals surface area contributed by atoms with Crippen molar-refractivity contribution in [3.05, 3.63) is 93.4 Å². The molecule has 1 aliphatic rings. The van der Waals surface area contributed by atoms with Crippen LogP contribution < -0.4 is 9.80 Å². The highest BCUT2D eigenvalue weighted by Crippen LogP contribution is 2.45. The molecule has 0 aromatic heterocycles. The van der Waals surface area contributed by atoms with Crippen LogP contribution in [0.25, 0.3) is 0 Å². The van der Waals surface area contributed by atoms with Crippen molar-refractivity contribution in [3.63, 3.8) is 0 Å². The molecule has 4 nitrogen and oxygen atoms in total. The topological polar surface area (TPSA) is 43.8 Å². The van der Waals surface area contributed by atoms with E-state index in [0.29, 0.717) is 17.7 Å². The number of carbonyl (C=O) groups is 1. The van der Waals surface area contributed by atoms with Crippen LogP contribution in [-0.4, -0.2) is 17.2 Å². The van der Waals surface area contributed by atoms with Crippen molar-refractivity contribution in [1.82, 2.24) is 0 Å². The molecule has 29 heavy (non-hydrogen) atoms. The highest BCUT2D eigenvalue weighted by atomic mass is 79.9. The number of benzene rings is 3. The zero-order valence-corrected chi connectivity index (χ0v) is 19.0. The highest BCUT2D eigenvalue weighted by molar-refractivity contribution is 9.10. The van der Waals surface area contributed by atoms with Crippen LogP contribution in [0.2, 0.25) is 0 Å². The van der Waals surface area contributed by atoms with Crippen LogP contribution in [0, 0.1) is 0 Å². The summed E-state index contributed by atoms with van der Waals surface area (Å²) in [7, 11) is 0. The van der Waals surface area contributed by atoms with Gasteiger partial charge in [-0.05, 0) is 55.0 Å². The van der Waals surface area contributed by atoms with Gasteiger partial charge in [0, 0.05) is 25.9 Å². The van der Waals surface area contributed by atoms with E-state index in [0.717, 1.165) is 14.6 Å². The maximum atomic E-state index is 13.7. The molecule has 0 bridgehead atoms. The minimum absolute atomic E-state index is 0.257. The second-order valence-electron chi connectivity index (χ2n) is 6.96. The number of hydrogen-bond donors (Lipinski definition) is 1. The van der Waals surface area contributed by atoms with E-state index in [2.05, 4.69) is 31.9 Å². The zero-order valence-electron chi connectivity index (χ0n) is 15.8. The van der Waals surface area contributed by atoms with Gasteiger partial charge in [0.15, 0.2) is 5.72 Å². The second kappa shape index (κ2) is 7.94. The Morgan fingerprint density at radius 3 is 1.90 bits per heavy atom. The van der Waals surface area contributed by atoms with E-state index in [-0.39, 0.29) is 6.03 Å². The largest absolute Gasteiger partial charge is 0.365 e. The quantitative estimate of drug-likeness (QED) is 0.444. The van der Waals surface area contributed by atoms with Crippen molar-refractivity contribution < 1.29 is 9.90 Å². The molecular weight excluding hydrogens is 496 g/mol. The number of halogens is 2. The van der Waals surface area contributed by atoms with Crippen LogP contribution >= 0.6 is 31.9 Å². The molecule has 0 spiro atoms. The van der Waals surface area contributed by atoms with Crippen LogP contribution in [0.4, 0.5) is 16.2 Å². The van der Waals surface area contributed by atoms with Gasteiger partial charge in [0.1, 0.15) is 0 Å². The fourth-order valence-corrected chi connectivity index (χ4v) is 4.51. The second-order valence-corrected chi connectivity index (χ2v) is 8.79. The number of aliphatic hydroxyl groups is 1. The standard InChI is InChI=1S/C23H20Br2N2O2/c1-2-21-23(29,16-6-4-3-5-7-16)27(20-14-10-18(25)11-15-20)22(28)26(21)19-12-8-17(24)9-13-19/h3-15,21,29H,2H2,1H3/t21-,23?/m0/s1. The molecule has 1 fully saturated rings. The van der Waals surface area contributed by atoms with Gasteiger partial charge in [0.2, 0.25) is 0 Å². The lowest BCUT2D eigenvalue weighted by Gasteiger charge is -2.37. The molecule has 1 saturated heterocycles. The lowest BCUT2D eigenvalue weighted by molar-refractivity contribution is 0.0307. The molecule has 2 atom stereocenters. The molecule has 2 amide bonds. The van der Waals surface area contributed by atoms with Crippen molar-refractivity contribution in [2.24, 2.45) is 0 Å². The van der Waals surface area contributed by atoms with Crippen LogP contribution in [0.5, 0.6) is 0 Å². The van der Waals surface area contributed by atoms with Crippen LogP contribution in [0.15, 0.2) is 87.8 Å². The molecule has 4 rings (SSSR count). The van der Waals surface area contributed by atoms with Gasteiger partial charge >= 0.3 is 6.03 Å². The third-order valence-corrected chi connectivity index (χ3v) is 6.35. The molecule has 1 N–H and O–H groups in total. The molecule has 3 aromatic rings. The maximum absolute atomic E-state index is 13.7. The molecule has 0 aliphatic carbocycles. The fraction of sp³-hybridized carbons (Fsp3) is 0.174.